The third-order valence-electron chi connectivity index (χ3n) is 3.09. The highest BCUT2D eigenvalue weighted by atomic mass is 32.2. The molecule has 0 saturated heterocycles. The first-order chi connectivity index (χ1) is 12.9. The molecule has 0 aliphatic rings. The molecule has 2 heterocycles. The number of aromatic amines is 1. The normalized spacial score (nSPS) is 11.3. The summed E-state index contributed by atoms with van der Waals surface area (Å²) in [4.78, 5) is 29.6. The predicted molar refractivity (Wildman–Crippen MR) is 96.4 cm³/mol. The zero-order valence-electron chi connectivity index (χ0n) is 13.2. The molecule has 1 aromatic carbocycles. The topological polar surface area (TPSA) is 161 Å². The van der Waals surface area contributed by atoms with Crippen LogP contribution < -0.4 is 5.32 Å². The molecule has 0 aliphatic carbocycles. The summed E-state index contributed by atoms with van der Waals surface area (Å²) in [6, 6.07) is 4.52. The number of carbonyl (C=O) groups is 1. The van der Waals surface area contributed by atoms with Gasteiger partial charge in [0.15, 0.2) is 10.3 Å². The second kappa shape index (κ2) is 7.81. The summed E-state index contributed by atoms with van der Waals surface area (Å²) >= 11 is 1.92. The molecule has 0 spiro atoms. The van der Waals surface area contributed by atoms with E-state index < -0.39 is 14.8 Å². The molecule has 2 aromatic heterocycles. The minimum atomic E-state index is -3.89. The fourth-order valence-corrected chi connectivity index (χ4v) is 4.89. The second-order valence-corrected chi connectivity index (χ2v) is 9.04. The van der Waals surface area contributed by atoms with Crippen molar-refractivity contribution in [1.82, 2.24) is 20.2 Å². The van der Waals surface area contributed by atoms with Gasteiger partial charge in [0.25, 0.3) is 5.69 Å². The van der Waals surface area contributed by atoms with Crippen molar-refractivity contribution in [1.29, 1.82) is 0 Å². The van der Waals surface area contributed by atoms with E-state index in [9.17, 15) is 23.3 Å². The molecule has 0 atom stereocenters. The Bertz CT molecular complexity index is 1060. The van der Waals surface area contributed by atoms with Crippen LogP contribution in [0.2, 0.25) is 0 Å². The van der Waals surface area contributed by atoms with Crippen molar-refractivity contribution >= 4 is 49.7 Å². The van der Waals surface area contributed by atoms with Crippen LogP contribution in [-0.4, -0.2) is 45.2 Å². The Labute approximate surface area is 160 Å². The minimum absolute atomic E-state index is 0.0409. The van der Waals surface area contributed by atoms with E-state index in [0.29, 0.717) is 5.16 Å². The molecule has 0 radical (unpaired) electrons. The number of hydrogen-bond donors (Lipinski definition) is 2. The molecule has 0 fully saturated rings. The number of non-ortho nitro benzene ring substituents is 1. The van der Waals surface area contributed by atoms with E-state index in [-0.39, 0.29) is 31.6 Å². The zero-order valence-corrected chi connectivity index (χ0v) is 15.7. The van der Waals surface area contributed by atoms with Gasteiger partial charge in [0.2, 0.25) is 15.7 Å². The highest BCUT2D eigenvalue weighted by molar-refractivity contribution is 7.99. The number of nitrogens with zero attached hydrogens (tertiary/aromatic N) is 4. The van der Waals surface area contributed by atoms with E-state index in [1.54, 1.807) is 0 Å². The van der Waals surface area contributed by atoms with E-state index in [1.807, 2.05) is 0 Å². The quantitative estimate of drug-likeness (QED) is 0.325. The van der Waals surface area contributed by atoms with Gasteiger partial charge in [-0.1, -0.05) is 23.1 Å². The Kier molecular flexibility index (Phi) is 5.48. The Morgan fingerprint density at radius 1 is 1.30 bits per heavy atom. The number of H-pyrrole nitrogens is 1. The largest absolute Gasteiger partial charge is 0.301 e. The Morgan fingerprint density at radius 3 is 2.67 bits per heavy atom. The monoisotopic (exact) mass is 426 g/mol. The number of anilines is 1. The molecule has 3 aromatic rings. The Balaban J connectivity index is 1.68. The molecular weight excluding hydrogens is 416 g/mol. The lowest BCUT2D eigenvalue weighted by molar-refractivity contribution is -0.384. The molecule has 0 bridgehead atoms. The average molecular weight is 426 g/mol. The summed E-state index contributed by atoms with van der Waals surface area (Å²) in [6.45, 7) is 0. The van der Waals surface area contributed by atoms with E-state index in [1.165, 1.54) is 6.33 Å². The van der Waals surface area contributed by atoms with Crippen LogP contribution in [0.15, 0.2) is 51.1 Å². The molecule has 3 rings (SSSR count). The SMILES string of the molecule is O=C(CSc1ncn[nH]1)Nc1ncc(S(=O)(=O)c2ccc([N+](=O)[O-])cc2)s1. The fraction of sp³-hybridized carbons (Fsp3) is 0.0769. The van der Waals surface area contributed by atoms with Crippen LogP contribution in [0.3, 0.4) is 0 Å². The number of nitrogens with one attached hydrogen (secondary N) is 2. The number of nitro benzene ring substituents is 1. The first-order valence-corrected chi connectivity index (χ1v) is 10.4. The number of thiazole rings is 1. The van der Waals surface area contributed by atoms with Crippen LogP contribution >= 0.6 is 23.1 Å². The average Bonchev–Trinajstić information content (AvgIpc) is 3.32. The smallest absolute Gasteiger partial charge is 0.269 e. The highest BCUT2D eigenvalue weighted by Crippen LogP contribution is 2.29. The van der Waals surface area contributed by atoms with Crippen molar-refractivity contribution in [2.75, 3.05) is 11.1 Å². The van der Waals surface area contributed by atoms with E-state index in [4.69, 9.17) is 0 Å². The van der Waals surface area contributed by atoms with Crippen LogP contribution in [-0.2, 0) is 14.6 Å². The summed E-state index contributed by atoms with van der Waals surface area (Å²) in [7, 11) is -3.89. The van der Waals surface area contributed by atoms with Gasteiger partial charge in [-0.05, 0) is 12.1 Å². The van der Waals surface area contributed by atoms with Crippen molar-refractivity contribution in [3.63, 3.8) is 0 Å². The van der Waals surface area contributed by atoms with Gasteiger partial charge in [-0.2, -0.15) is 5.10 Å². The number of sulfone groups is 1. The van der Waals surface area contributed by atoms with E-state index in [0.717, 1.165) is 53.6 Å². The molecule has 0 aliphatic heterocycles. The number of hydrogen-bond acceptors (Lipinski definition) is 10. The third kappa shape index (κ3) is 4.47. The number of rotatable bonds is 7. The van der Waals surface area contributed by atoms with Crippen LogP contribution in [0.1, 0.15) is 0 Å². The zero-order chi connectivity index (χ0) is 19.4. The van der Waals surface area contributed by atoms with Gasteiger partial charge in [0.1, 0.15) is 10.5 Å². The standard InChI is InChI=1S/C13H10N6O5S3/c20-10(6-25-13-15-7-16-18-13)17-12-14-5-11(26-12)27(23,24)9-3-1-8(2-4-9)19(21)22/h1-5,7H,6H2,(H,14,17,20)(H,15,16,18). The van der Waals surface area contributed by atoms with Crippen LogP contribution in [0.25, 0.3) is 0 Å². The van der Waals surface area contributed by atoms with Gasteiger partial charge >= 0.3 is 0 Å². The number of amides is 1. The first kappa shape index (κ1) is 18.9. The molecule has 14 heteroatoms. The summed E-state index contributed by atoms with van der Waals surface area (Å²) in [6.07, 6.45) is 2.44. The molecule has 140 valence electrons. The van der Waals surface area contributed by atoms with E-state index >= 15 is 0 Å². The summed E-state index contributed by atoms with van der Waals surface area (Å²) < 4.78 is 25.0. The number of carbonyl (C=O) groups excluding carboxylic acids is 1. The molecular formula is C13H10N6O5S3. The third-order valence-corrected chi connectivity index (χ3v) is 7.11. The highest BCUT2D eigenvalue weighted by Gasteiger charge is 2.22. The summed E-state index contributed by atoms with van der Waals surface area (Å²) in [5.74, 6) is -0.343. The fourth-order valence-electron chi connectivity index (χ4n) is 1.86. The minimum Gasteiger partial charge on any atom is -0.301 e. The maximum absolute atomic E-state index is 12.6. The maximum atomic E-state index is 12.6. The van der Waals surface area contributed by atoms with Gasteiger partial charge in [-0.3, -0.25) is 20.0 Å². The Morgan fingerprint density at radius 2 is 2.04 bits per heavy atom. The second-order valence-electron chi connectivity index (χ2n) is 4.87. The van der Waals surface area contributed by atoms with Crippen LogP contribution in [0.4, 0.5) is 10.8 Å². The first-order valence-electron chi connectivity index (χ1n) is 7.09. The number of nitro groups is 1. The van der Waals surface area contributed by atoms with Crippen molar-refractivity contribution < 1.29 is 18.1 Å². The number of benzene rings is 1. The molecule has 27 heavy (non-hydrogen) atoms. The Hall–Kier alpha value is -2.84. The van der Waals surface area contributed by atoms with Crippen molar-refractivity contribution in [3.8, 4) is 0 Å². The van der Waals surface area contributed by atoms with Gasteiger partial charge in [-0.15, -0.1) is 0 Å². The van der Waals surface area contributed by atoms with Gasteiger partial charge in [0, 0.05) is 12.1 Å². The van der Waals surface area contributed by atoms with Gasteiger partial charge < -0.3 is 5.32 Å². The molecule has 1 amide bonds. The lowest BCUT2D eigenvalue weighted by Gasteiger charge is -2.01. The molecule has 0 saturated carbocycles. The van der Waals surface area contributed by atoms with Gasteiger partial charge in [0.05, 0.1) is 21.8 Å². The van der Waals surface area contributed by atoms with Crippen LogP contribution in [0, 0.1) is 10.1 Å². The summed E-state index contributed by atoms with van der Waals surface area (Å²) in [5.41, 5.74) is -0.213. The lowest BCUT2D eigenvalue weighted by Crippen LogP contribution is -2.13. The van der Waals surface area contributed by atoms with E-state index in [2.05, 4.69) is 25.5 Å². The number of thioether (sulfide) groups is 1. The maximum Gasteiger partial charge on any atom is 0.269 e. The lowest BCUT2D eigenvalue weighted by atomic mass is 10.3. The number of aromatic nitrogens is 4. The predicted octanol–water partition coefficient (Wildman–Crippen LogP) is 1.73. The van der Waals surface area contributed by atoms with Crippen molar-refractivity contribution in [3.05, 3.63) is 46.9 Å². The summed E-state index contributed by atoms with van der Waals surface area (Å²) in [5, 5.41) is 20.0. The molecule has 11 nitrogen and oxygen atoms in total. The van der Waals surface area contributed by atoms with Crippen molar-refractivity contribution in [2.45, 2.75) is 14.3 Å². The molecule has 0 unspecified atom stereocenters. The molecule has 2 N–H and O–H groups in total. The van der Waals surface area contributed by atoms with Gasteiger partial charge in [-0.25, -0.2) is 18.4 Å². The van der Waals surface area contributed by atoms with Crippen LogP contribution in [0.5, 0.6) is 0 Å². The van der Waals surface area contributed by atoms with Crippen molar-refractivity contribution in [2.24, 2.45) is 0 Å².